The van der Waals surface area contributed by atoms with Gasteiger partial charge in [0, 0.05) is 19.0 Å². The first kappa shape index (κ1) is 10.1. The summed E-state index contributed by atoms with van der Waals surface area (Å²) in [6.07, 6.45) is 0.733. The number of aliphatic hydroxyl groups is 1. The molecule has 1 aliphatic heterocycles. The molecule has 0 amide bonds. The lowest BCUT2D eigenvalue weighted by molar-refractivity contribution is 0.136. The number of nitrogens with zero attached hydrogens (tertiary/aromatic N) is 3. The number of aromatic nitrogens is 2. The SMILES string of the molecule is CC(O)C1CCN(c2nsnc2Cl)C1. The number of aliphatic hydroxyl groups excluding tert-OH is 1. The van der Waals surface area contributed by atoms with Crippen LogP contribution in [0.15, 0.2) is 0 Å². The molecule has 2 heterocycles. The maximum Gasteiger partial charge on any atom is 0.187 e. The van der Waals surface area contributed by atoms with Crippen molar-refractivity contribution in [2.75, 3.05) is 18.0 Å². The number of hydrogen-bond donors (Lipinski definition) is 1. The third-order valence-corrected chi connectivity index (χ3v) is 3.51. The largest absolute Gasteiger partial charge is 0.393 e. The zero-order valence-electron chi connectivity index (χ0n) is 7.85. The fourth-order valence-electron chi connectivity index (χ4n) is 1.74. The van der Waals surface area contributed by atoms with Crippen LogP contribution in [0.1, 0.15) is 13.3 Å². The highest BCUT2D eigenvalue weighted by Gasteiger charge is 2.28. The van der Waals surface area contributed by atoms with Crippen LogP contribution in [0.5, 0.6) is 0 Å². The van der Waals surface area contributed by atoms with Crippen LogP contribution in [-0.2, 0) is 0 Å². The average Bonchev–Trinajstić information content (AvgIpc) is 2.71. The first-order chi connectivity index (χ1) is 6.68. The summed E-state index contributed by atoms with van der Waals surface area (Å²) in [6.45, 7) is 3.55. The first-order valence-corrected chi connectivity index (χ1v) is 5.70. The maximum absolute atomic E-state index is 9.44. The predicted octanol–water partition coefficient (Wildman–Crippen LogP) is 1.40. The van der Waals surface area contributed by atoms with E-state index in [1.54, 1.807) is 0 Å². The summed E-state index contributed by atoms with van der Waals surface area (Å²) in [7, 11) is 0. The molecule has 0 spiro atoms. The van der Waals surface area contributed by atoms with Gasteiger partial charge in [0.2, 0.25) is 0 Å². The van der Waals surface area contributed by atoms with Gasteiger partial charge in [0.05, 0.1) is 17.8 Å². The second-order valence-corrected chi connectivity index (χ2v) is 4.50. The molecule has 0 aromatic carbocycles. The zero-order valence-corrected chi connectivity index (χ0v) is 9.42. The fraction of sp³-hybridized carbons (Fsp3) is 0.750. The Morgan fingerprint density at radius 3 is 2.93 bits per heavy atom. The Morgan fingerprint density at radius 2 is 2.43 bits per heavy atom. The van der Waals surface area contributed by atoms with E-state index < -0.39 is 0 Å². The Kier molecular flexibility index (Phi) is 2.90. The molecule has 1 aromatic rings. The molecule has 2 atom stereocenters. The van der Waals surface area contributed by atoms with Crippen molar-refractivity contribution in [3.05, 3.63) is 5.15 Å². The topological polar surface area (TPSA) is 49.2 Å². The van der Waals surface area contributed by atoms with Gasteiger partial charge in [0.15, 0.2) is 11.0 Å². The lowest BCUT2D eigenvalue weighted by Crippen LogP contribution is -2.24. The van der Waals surface area contributed by atoms with Gasteiger partial charge in [-0.2, -0.15) is 8.75 Å². The Morgan fingerprint density at radius 1 is 1.64 bits per heavy atom. The molecule has 1 aromatic heterocycles. The second kappa shape index (κ2) is 4.00. The van der Waals surface area contributed by atoms with Crippen molar-refractivity contribution < 1.29 is 5.11 Å². The standard InChI is InChI=1S/C8H12ClN3OS/c1-5(13)6-2-3-12(4-6)8-7(9)10-14-11-8/h5-6,13H,2-4H2,1H3. The molecule has 1 aliphatic rings. The molecule has 0 saturated carbocycles. The highest BCUT2D eigenvalue weighted by atomic mass is 35.5. The predicted molar refractivity (Wildman–Crippen MR) is 56.9 cm³/mol. The van der Waals surface area contributed by atoms with Gasteiger partial charge < -0.3 is 10.0 Å². The van der Waals surface area contributed by atoms with Gasteiger partial charge in [-0.05, 0) is 13.3 Å². The summed E-state index contributed by atoms with van der Waals surface area (Å²) < 4.78 is 8.06. The second-order valence-electron chi connectivity index (χ2n) is 3.61. The Hall–Kier alpha value is -0.390. The normalized spacial score (nSPS) is 24.2. The fourth-order valence-corrected chi connectivity index (χ4v) is 2.51. The molecule has 14 heavy (non-hydrogen) atoms. The Bertz CT molecular complexity index is 317. The van der Waals surface area contributed by atoms with Crippen LogP contribution < -0.4 is 4.90 Å². The molecule has 0 bridgehead atoms. The van der Waals surface area contributed by atoms with Crippen molar-refractivity contribution in [2.24, 2.45) is 5.92 Å². The van der Waals surface area contributed by atoms with Crippen molar-refractivity contribution in [3.8, 4) is 0 Å². The van der Waals surface area contributed by atoms with Crippen molar-refractivity contribution in [1.29, 1.82) is 0 Å². The minimum Gasteiger partial charge on any atom is -0.393 e. The molecule has 1 fully saturated rings. The van der Waals surface area contributed by atoms with Crippen LogP contribution in [0.2, 0.25) is 5.15 Å². The Balaban J connectivity index is 2.06. The third kappa shape index (κ3) is 1.85. The summed E-state index contributed by atoms with van der Waals surface area (Å²) in [5.74, 6) is 1.09. The minimum absolute atomic E-state index is 0.259. The minimum atomic E-state index is -0.259. The molecular weight excluding hydrogens is 222 g/mol. The van der Waals surface area contributed by atoms with Crippen LogP contribution >= 0.6 is 23.3 Å². The summed E-state index contributed by atoms with van der Waals surface area (Å²) in [5.41, 5.74) is 0. The van der Waals surface area contributed by atoms with Gasteiger partial charge in [-0.25, -0.2) is 0 Å². The van der Waals surface area contributed by atoms with Gasteiger partial charge in [-0.1, -0.05) is 11.6 Å². The molecule has 78 valence electrons. The van der Waals surface area contributed by atoms with Gasteiger partial charge >= 0.3 is 0 Å². The molecule has 0 radical (unpaired) electrons. The van der Waals surface area contributed by atoms with E-state index in [2.05, 4.69) is 13.6 Å². The molecule has 6 heteroatoms. The van der Waals surface area contributed by atoms with Gasteiger partial charge in [0.25, 0.3) is 0 Å². The summed E-state index contributed by atoms with van der Waals surface area (Å²) in [4.78, 5) is 2.09. The Labute approximate surface area is 91.8 Å². The van der Waals surface area contributed by atoms with E-state index in [1.165, 1.54) is 0 Å². The van der Waals surface area contributed by atoms with E-state index in [0.717, 1.165) is 37.1 Å². The average molecular weight is 234 g/mol. The molecule has 1 N–H and O–H groups in total. The lowest BCUT2D eigenvalue weighted by Gasteiger charge is -2.16. The lowest BCUT2D eigenvalue weighted by atomic mass is 10.0. The molecular formula is C8H12ClN3OS. The van der Waals surface area contributed by atoms with Crippen LogP contribution in [-0.4, -0.2) is 33.0 Å². The first-order valence-electron chi connectivity index (χ1n) is 4.59. The van der Waals surface area contributed by atoms with E-state index in [-0.39, 0.29) is 6.10 Å². The number of halogens is 1. The highest BCUT2D eigenvalue weighted by Crippen LogP contribution is 2.29. The van der Waals surface area contributed by atoms with Crippen LogP contribution in [0.4, 0.5) is 5.82 Å². The molecule has 2 rings (SSSR count). The van der Waals surface area contributed by atoms with E-state index in [4.69, 9.17) is 11.6 Å². The number of rotatable bonds is 2. The summed E-state index contributed by atoms with van der Waals surface area (Å²) in [5, 5.41) is 9.92. The highest BCUT2D eigenvalue weighted by molar-refractivity contribution is 6.99. The maximum atomic E-state index is 9.44. The van der Waals surface area contributed by atoms with E-state index in [0.29, 0.717) is 11.1 Å². The van der Waals surface area contributed by atoms with Crippen LogP contribution in [0.25, 0.3) is 0 Å². The zero-order chi connectivity index (χ0) is 10.1. The quantitative estimate of drug-likeness (QED) is 0.839. The molecule has 2 unspecified atom stereocenters. The van der Waals surface area contributed by atoms with Crippen LogP contribution in [0.3, 0.4) is 0 Å². The smallest absolute Gasteiger partial charge is 0.187 e. The molecule has 1 saturated heterocycles. The third-order valence-electron chi connectivity index (χ3n) is 2.64. The van der Waals surface area contributed by atoms with Crippen molar-refractivity contribution in [1.82, 2.24) is 8.75 Å². The van der Waals surface area contributed by atoms with E-state index in [1.807, 2.05) is 6.92 Å². The van der Waals surface area contributed by atoms with Crippen molar-refractivity contribution >= 4 is 29.1 Å². The van der Waals surface area contributed by atoms with Crippen molar-refractivity contribution in [3.63, 3.8) is 0 Å². The van der Waals surface area contributed by atoms with Gasteiger partial charge in [-0.3, -0.25) is 0 Å². The monoisotopic (exact) mass is 233 g/mol. The van der Waals surface area contributed by atoms with E-state index >= 15 is 0 Å². The number of hydrogen-bond acceptors (Lipinski definition) is 5. The number of anilines is 1. The molecule has 4 nitrogen and oxygen atoms in total. The van der Waals surface area contributed by atoms with E-state index in [9.17, 15) is 5.11 Å². The molecule has 0 aliphatic carbocycles. The summed E-state index contributed by atoms with van der Waals surface area (Å²) in [6, 6.07) is 0. The van der Waals surface area contributed by atoms with Crippen LogP contribution in [0, 0.1) is 5.92 Å². The summed E-state index contributed by atoms with van der Waals surface area (Å²) >= 11 is 7.01. The van der Waals surface area contributed by atoms with Crippen molar-refractivity contribution in [2.45, 2.75) is 19.4 Å². The van der Waals surface area contributed by atoms with Gasteiger partial charge in [-0.15, -0.1) is 0 Å². The van der Waals surface area contributed by atoms with Gasteiger partial charge in [0.1, 0.15) is 0 Å².